The Hall–Kier alpha value is -3.09. The Kier molecular flexibility index (Phi) is 3.34. The summed E-state index contributed by atoms with van der Waals surface area (Å²) in [7, 11) is 0. The largest absolute Gasteiger partial charge is 0.309 e. The van der Waals surface area contributed by atoms with Gasteiger partial charge in [-0.05, 0) is 31.4 Å². The van der Waals surface area contributed by atoms with Gasteiger partial charge in [0.05, 0.1) is 11.1 Å². The summed E-state index contributed by atoms with van der Waals surface area (Å²) in [6.07, 6.45) is 4.09. The van der Waals surface area contributed by atoms with Crippen molar-refractivity contribution in [2.75, 3.05) is 11.9 Å². The van der Waals surface area contributed by atoms with E-state index in [4.69, 9.17) is 0 Å². The van der Waals surface area contributed by atoms with E-state index in [0.717, 1.165) is 35.4 Å². The molecular formula is C17H14N4O3. The Morgan fingerprint density at radius 2 is 1.79 bits per heavy atom. The van der Waals surface area contributed by atoms with Crippen LogP contribution >= 0.6 is 0 Å². The van der Waals surface area contributed by atoms with Crippen molar-refractivity contribution < 1.29 is 14.4 Å². The van der Waals surface area contributed by atoms with Crippen LogP contribution in [0.2, 0.25) is 0 Å². The molecule has 1 aromatic heterocycles. The number of rotatable bonds is 3. The summed E-state index contributed by atoms with van der Waals surface area (Å²) in [5, 5.41) is 2.70. The van der Waals surface area contributed by atoms with E-state index in [1.54, 1.807) is 24.3 Å². The molecule has 7 nitrogen and oxygen atoms in total. The highest BCUT2D eigenvalue weighted by Gasteiger charge is 2.36. The number of carbonyl (C=O) groups excluding carboxylic acids is 3. The van der Waals surface area contributed by atoms with E-state index in [-0.39, 0.29) is 6.54 Å². The van der Waals surface area contributed by atoms with Gasteiger partial charge in [-0.25, -0.2) is 9.97 Å². The van der Waals surface area contributed by atoms with Crippen LogP contribution in [-0.4, -0.2) is 39.1 Å². The predicted molar refractivity (Wildman–Crippen MR) is 84.5 cm³/mol. The molecule has 0 bridgehead atoms. The molecule has 0 radical (unpaired) electrons. The highest BCUT2D eigenvalue weighted by atomic mass is 16.2. The van der Waals surface area contributed by atoms with E-state index in [1.807, 2.05) is 0 Å². The third-order valence-electron chi connectivity index (χ3n) is 4.31. The van der Waals surface area contributed by atoms with Gasteiger partial charge in [-0.2, -0.15) is 0 Å². The van der Waals surface area contributed by atoms with Gasteiger partial charge in [0, 0.05) is 11.3 Å². The lowest BCUT2D eigenvalue weighted by molar-refractivity contribution is -0.116. The van der Waals surface area contributed by atoms with Gasteiger partial charge in [-0.3, -0.25) is 19.3 Å². The first-order valence-corrected chi connectivity index (χ1v) is 7.73. The molecule has 0 spiro atoms. The molecule has 0 saturated heterocycles. The second kappa shape index (κ2) is 5.52. The minimum Gasteiger partial charge on any atom is -0.309 e. The van der Waals surface area contributed by atoms with Crippen molar-refractivity contribution in [3.63, 3.8) is 0 Å². The number of nitrogens with zero attached hydrogens (tertiary/aromatic N) is 3. The van der Waals surface area contributed by atoms with Gasteiger partial charge in [-0.15, -0.1) is 0 Å². The molecule has 2 aliphatic rings. The van der Waals surface area contributed by atoms with Gasteiger partial charge in [0.25, 0.3) is 11.8 Å². The Morgan fingerprint density at radius 3 is 2.50 bits per heavy atom. The number of hydrogen-bond donors (Lipinski definition) is 1. The predicted octanol–water partition coefficient (Wildman–Crippen LogP) is 1.20. The number of nitrogens with one attached hydrogen (secondary N) is 1. The summed E-state index contributed by atoms with van der Waals surface area (Å²) in [5.41, 5.74) is 2.55. The van der Waals surface area contributed by atoms with Gasteiger partial charge in [0.15, 0.2) is 0 Å². The Morgan fingerprint density at radius 1 is 1.08 bits per heavy atom. The van der Waals surface area contributed by atoms with Gasteiger partial charge in [0.1, 0.15) is 18.7 Å². The van der Waals surface area contributed by atoms with E-state index in [2.05, 4.69) is 15.3 Å². The summed E-state index contributed by atoms with van der Waals surface area (Å²) in [6, 6.07) is 6.56. The fraction of sp³-hybridized carbons (Fsp3) is 0.235. The number of carbonyl (C=O) groups is 3. The number of fused-ring (bicyclic) bond motifs is 2. The topological polar surface area (TPSA) is 92.3 Å². The van der Waals surface area contributed by atoms with Crippen molar-refractivity contribution in [2.45, 2.75) is 19.3 Å². The molecule has 7 heteroatoms. The lowest BCUT2D eigenvalue weighted by atomic mass is 10.1. The third-order valence-corrected chi connectivity index (χ3v) is 4.31. The van der Waals surface area contributed by atoms with Crippen LogP contribution in [0.4, 0.5) is 5.82 Å². The quantitative estimate of drug-likeness (QED) is 0.857. The molecule has 1 aliphatic heterocycles. The number of aryl methyl sites for hydroxylation is 1. The van der Waals surface area contributed by atoms with Gasteiger partial charge in [0.2, 0.25) is 5.91 Å². The maximum Gasteiger partial charge on any atom is 0.262 e. The van der Waals surface area contributed by atoms with Crippen LogP contribution in [-0.2, 0) is 17.6 Å². The summed E-state index contributed by atoms with van der Waals surface area (Å²) in [4.78, 5) is 46.1. The fourth-order valence-electron chi connectivity index (χ4n) is 3.17. The monoisotopic (exact) mass is 322 g/mol. The Bertz CT molecular complexity index is 843. The molecule has 0 saturated carbocycles. The van der Waals surface area contributed by atoms with E-state index >= 15 is 0 Å². The van der Waals surface area contributed by atoms with E-state index in [1.165, 1.54) is 6.33 Å². The molecule has 2 aromatic rings. The van der Waals surface area contributed by atoms with Crippen LogP contribution in [0.25, 0.3) is 0 Å². The van der Waals surface area contributed by atoms with E-state index < -0.39 is 17.7 Å². The summed E-state index contributed by atoms with van der Waals surface area (Å²) >= 11 is 0. The second-order valence-corrected chi connectivity index (χ2v) is 5.79. The van der Waals surface area contributed by atoms with Crippen molar-refractivity contribution in [1.29, 1.82) is 0 Å². The molecule has 2 heterocycles. The minimum absolute atomic E-state index is 0.328. The van der Waals surface area contributed by atoms with E-state index in [9.17, 15) is 14.4 Å². The lowest BCUT2D eigenvalue weighted by Gasteiger charge is -2.14. The molecular weight excluding hydrogens is 308 g/mol. The van der Waals surface area contributed by atoms with Gasteiger partial charge < -0.3 is 5.32 Å². The Labute approximate surface area is 137 Å². The average Bonchev–Trinajstić information content (AvgIpc) is 3.16. The molecule has 0 atom stereocenters. The van der Waals surface area contributed by atoms with Crippen molar-refractivity contribution >= 4 is 23.5 Å². The molecule has 24 heavy (non-hydrogen) atoms. The summed E-state index contributed by atoms with van der Waals surface area (Å²) < 4.78 is 0. The van der Waals surface area contributed by atoms with Crippen LogP contribution < -0.4 is 5.32 Å². The van der Waals surface area contributed by atoms with Crippen molar-refractivity contribution in [3.05, 3.63) is 53.0 Å². The lowest BCUT2D eigenvalue weighted by Crippen LogP contribution is -2.37. The molecule has 1 N–H and O–H groups in total. The zero-order valence-corrected chi connectivity index (χ0v) is 12.8. The molecule has 0 fully saturated rings. The fourth-order valence-corrected chi connectivity index (χ4v) is 3.17. The van der Waals surface area contributed by atoms with Crippen molar-refractivity contribution in [2.24, 2.45) is 0 Å². The van der Waals surface area contributed by atoms with Gasteiger partial charge >= 0.3 is 0 Å². The first-order valence-electron chi connectivity index (χ1n) is 7.73. The highest BCUT2D eigenvalue weighted by Crippen LogP contribution is 2.25. The van der Waals surface area contributed by atoms with Crippen LogP contribution in [0.3, 0.4) is 0 Å². The van der Waals surface area contributed by atoms with Crippen LogP contribution in [0, 0.1) is 0 Å². The summed E-state index contributed by atoms with van der Waals surface area (Å²) in [6.45, 7) is -0.328. The van der Waals surface area contributed by atoms with Crippen molar-refractivity contribution in [3.8, 4) is 0 Å². The molecule has 3 amide bonds. The number of benzene rings is 1. The number of anilines is 1. The number of amides is 3. The smallest absolute Gasteiger partial charge is 0.262 e. The molecule has 4 rings (SSSR count). The number of imide groups is 1. The van der Waals surface area contributed by atoms with Crippen LogP contribution in [0.1, 0.15) is 38.4 Å². The number of aromatic nitrogens is 2. The second-order valence-electron chi connectivity index (χ2n) is 5.79. The zero-order chi connectivity index (χ0) is 16.7. The first-order chi connectivity index (χ1) is 11.6. The van der Waals surface area contributed by atoms with Crippen molar-refractivity contribution in [1.82, 2.24) is 14.9 Å². The standard InChI is InChI=1S/C17H14N4O3/c22-14(20-15-12-6-3-7-13(12)18-9-19-15)8-21-16(23)10-4-1-2-5-11(10)17(21)24/h1-2,4-5,9H,3,6-8H2,(H,18,19,20,22). The zero-order valence-electron chi connectivity index (χ0n) is 12.8. The third kappa shape index (κ3) is 2.25. The molecule has 1 aromatic carbocycles. The van der Waals surface area contributed by atoms with Crippen LogP contribution in [0.15, 0.2) is 30.6 Å². The van der Waals surface area contributed by atoms with Crippen LogP contribution in [0.5, 0.6) is 0 Å². The first kappa shape index (κ1) is 14.5. The van der Waals surface area contributed by atoms with Gasteiger partial charge in [-0.1, -0.05) is 12.1 Å². The molecule has 120 valence electrons. The SMILES string of the molecule is O=C(CN1C(=O)c2ccccc2C1=O)Nc1ncnc2c1CCC2. The average molecular weight is 322 g/mol. The molecule has 0 unspecified atom stereocenters. The normalized spacial score (nSPS) is 15.4. The summed E-state index contributed by atoms with van der Waals surface area (Å²) in [5.74, 6) is -0.867. The Balaban J connectivity index is 1.51. The minimum atomic E-state index is -0.447. The maximum absolute atomic E-state index is 12.3. The highest BCUT2D eigenvalue weighted by molar-refractivity contribution is 6.22. The maximum atomic E-state index is 12.3. The molecule has 1 aliphatic carbocycles. The number of hydrogen-bond acceptors (Lipinski definition) is 5. The van der Waals surface area contributed by atoms with E-state index in [0.29, 0.717) is 16.9 Å².